The maximum atomic E-state index is 14.0. The molecule has 1 saturated carbocycles. The van der Waals surface area contributed by atoms with Gasteiger partial charge < -0.3 is 20.3 Å². The van der Waals surface area contributed by atoms with Gasteiger partial charge in [0.15, 0.2) is 0 Å². The molecule has 3 atom stereocenters. The van der Waals surface area contributed by atoms with E-state index in [2.05, 4.69) is 10.6 Å². The maximum absolute atomic E-state index is 14.0. The van der Waals surface area contributed by atoms with Crippen molar-refractivity contribution in [3.63, 3.8) is 0 Å². The molecule has 256 valence electrons. The van der Waals surface area contributed by atoms with Gasteiger partial charge in [-0.1, -0.05) is 56.3 Å². The average molecular weight is 683 g/mol. The number of aliphatic hydroxyl groups excluding tert-OH is 1. The van der Waals surface area contributed by atoms with Crippen LogP contribution in [0.4, 0.5) is 18.9 Å². The highest BCUT2D eigenvalue weighted by atomic mass is 32.2. The molecule has 1 aromatic heterocycles. The predicted octanol–water partition coefficient (Wildman–Crippen LogP) is 5.98. The Balaban J connectivity index is 1.28. The summed E-state index contributed by atoms with van der Waals surface area (Å²) in [5, 5.41) is 18.5. The quantitative estimate of drug-likeness (QED) is 0.181. The highest BCUT2D eigenvalue weighted by molar-refractivity contribution is 7.94. The van der Waals surface area contributed by atoms with Gasteiger partial charge in [0.25, 0.3) is 5.91 Å². The number of hydrogen-bond acceptors (Lipinski definition) is 5. The molecule has 12 heteroatoms. The van der Waals surface area contributed by atoms with E-state index in [1.54, 1.807) is 25.2 Å². The van der Waals surface area contributed by atoms with Crippen LogP contribution in [0.3, 0.4) is 0 Å². The molecule has 1 aliphatic heterocycles. The van der Waals surface area contributed by atoms with E-state index in [9.17, 15) is 31.5 Å². The number of rotatable bonds is 11. The Morgan fingerprint density at radius 3 is 2.42 bits per heavy atom. The van der Waals surface area contributed by atoms with Crippen molar-refractivity contribution < 1.29 is 31.5 Å². The zero-order chi connectivity index (χ0) is 34.4. The minimum Gasteiger partial charge on any atom is -0.390 e. The molecular weight excluding hydrogens is 641 g/mol. The van der Waals surface area contributed by atoms with E-state index in [-0.39, 0.29) is 18.5 Å². The monoisotopic (exact) mass is 682 g/mol. The number of nitrogens with one attached hydrogen (secondary N) is 2. The zero-order valence-corrected chi connectivity index (χ0v) is 28.0. The number of carbonyl (C=O) groups is 1. The van der Waals surface area contributed by atoms with Crippen LogP contribution >= 0.6 is 0 Å². The normalized spacial score (nSPS) is 18.4. The highest BCUT2D eigenvalue weighted by Gasteiger charge is 2.58. The fourth-order valence-corrected chi connectivity index (χ4v) is 8.77. The molecule has 0 unspecified atom stereocenters. The SMILES string of the molecule is CCc1cn2c3c(cc(C(=O)N[C@@H](Cc4ccccc4)[C@H](O)CN[C@H](CC)c4cccc(C(F)(F)F)c4)cc13)N(C)S(=O)(=O)C1(CC1)C2. The Labute approximate surface area is 279 Å². The van der Waals surface area contributed by atoms with E-state index in [1.165, 1.54) is 10.4 Å². The molecule has 0 radical (unpaired) electrons. The van der Waals surface area contributed by atoms with Gasteiger partial charge in [-0.2, -0.15) is 13.2 Å². The number of anilines is 1. The number of amides is 1. The van der Waals surface area contributed by atoms with Crippen molar-refractivity contribution in [3.05, 3.63) is 101 Å². The van der Waals surface area contributed by atoms with Crippen LogP contribution in [0.15, 0.2) is 72.9 Å². The molecule has 4 aromatic rings. The van der Waals surface area contributed by atoms with Gasteiger partial charge in [0.2, 0.25) is 10.0 Å². The fraction of sp³-hybridized carbons (Fsp3) is 0.417. The number of halogens is 3. The number of hydrogen-bond donors (Lipinski definition) is 3. The van der Waals surface area contributed by atoms with Crippen molar-refractivity contribution in [1.82, 2.24) is 15.2 Å². The standard InChI is InChI=1S/C36H41F3N4O4S/c1-4-24-21-43-22-35(14-15-35)48(46,47)42(3)31-19-26(18-28(24)33(31)43)34(45)41-30(16-23-10-7-6-8-11-23)32(44)20-40-29(5-2)25-12-9-13-27(17-25)36(37,38)39/h6-13,17-19,21,29-30,32,40,44H,4-5,14-16,20,22H2,1-3H3,(H,41,45)/t29-,30+,32-/m1/s1. The van der Waals surface area contributed by atoms with Gasteiger partial charge in [-0.05, 0) is 73.1 Å². The summed E-state index contributed by atoms with van der Waals surface area (Å²) < 4.78 is 70.0. The van der Waals surface area contributed by atoms with E-state index >= 15 is 0 Å². The second-order valence-electron chi connectivity index (χ2n) is 13.0. The lowest BCUT2D eigenvalue weighted by molar-refractivity contribution is -0.137. The topological polar surface area (TPSA) is 104 Å². The summed E-state index contributed by atoms with van der Waals surface area (Å²) in [5.74, 6) is -0.468. The van der Waals surface area contributed by atoms with Crippen LogP contribution in [0.2, 0.25) is 0 Å². The van der Waals surface area contributed by atoms with E-state index in [0.717, 1.165) is 34.2 Å². The summed E-state index contributed by atoms with van der Waals surface area (Å²) in [6, 6.07) is 16.7. The zero-order valence-electron chi connectivity index (χ0n) is 27.2. The maximum Gasteiger partial charge on any atom is 0.416 e. The van der Waals surface area contributed by atoms with Crippen molar-refractivity contribution in [2.24, 2.45) is 0 Å². The van der Waals surface area contributed by atoms with Gasteiger partial charge in [-0.25, -0.2) is 8.42 Å². The number of benzene rings is 3. The molecule has 1 aliphatic carbocycles. The highest BCUT2D eigenvalue weighted by Crippen LogP contribution is 2.51. The Bertz CT molecular complexity index is 1920. The molecule has 1 amide bonds. The Kier molecular flexibility index (Phi) is 9.12. The average Bonchev–Trinajstić information content (AvgIpc) is 3.79. The molecule has 0 bridgehead atoms. The van der Waals surface area contributed by atoms with Gasteiger partial charge in [0.05, 0.1) is 28.9 Å². The van der Waals surface area contributed by atoms with Gasteiger partial charge >= 0.3 is 6.18 Å². The summed E-state index contributed by atoms with van der Waals surface area (Å²) in [4.78, 5) is 14.0. The third-order valence-corrected chi connectivity index (χ3v) is 12.4. The molecule has 1 fully saturated rings. The number of alkyl halides is 3. The fourth-order valence-electron chi connectivity index (χ4n) is 6.87. The molecule has 6 rings (SSSR count). The lowest BCUT2D eigenvalue weighted by Gasteiger charge is -2.27. The molecule has 48 heavy (non-hydrogen) atoms. The summed E-state index contributed by atoms with van der Waals surface area (Å²) in [6.07, 6.45) is -0.955. The first-order chi connectivity index (χ1) is 22.8. The van der Waals surface area contributed by atoms with Crippen molar-refractivity contribution in [2.75, 3.05) is 17.9 Å². The molecular formula is C36H41F3N4O4S. The Morgan fingerprint density at radius 1 is 1.04 bits per heavy atom. The number of sulfonamides is 1. The molecule has 2 heterocycles. The van der Waals surface area contributed by atoms with Crippen LogP contribution in [0.5, 0.6) is 0 Å². The van der Waals surface area contributed by atoms with E-state index < -0.39 is 50.6 Å². The van der Waals surface area contributed by atoms with Crippen LogP contribution in [-0.2, 0) is 35.6 Å². The minimum atomic E-state index is -4.47. The van der Waals surface area contributed by atoms with Crippen LogP contribution in [0.1, 0.15) is 71.8 Å². The number of aliphatic hydroxyl groups is 1. The van der Waals surface area contributed by atoms with Crippen molar-refractivity contribution in [1.29, 1.82) is 0 Å². The van der Waals surface area contributed by atoms with E-state index in [1.807, 2.05) is 54.9 Å². The number of carbonyl (C=O) groups excluding carboxylic acids is 1. The van der Waals surface area contributed by atoms with E-state index in [4.69, 9.17) is 0 Å². The summed E-state index contributed by atoms with van der Waals surface area (Å²) in [7, 11) is -2.13. The molecule has 2 aliphatic rings. The Hall–Kier alpha value is -3.87. The van der Waals surface area contributed by atoms with Gasteiger partial charge in [0, 0.05) is 43.3 Å². The number of aryl methyl sites for hydroxylation is 1. The predicted molar refractivity (Wildman–Crippen MR) is 180 cm³/mol. The first kappa shape index (κ1) is 34.0. The smallest absolute Gasteiger partial charge is 0.390 e. The first-order valence-electron chi connectivity index (χ1n) is 16.4. The number of nitrogens with zero attached hydrogens (tertiary/aromatic N) is 2. The van der Waals surface area contributed by atoms with Crippen LogP contribution in [0, 0.1) is 0 Å². The van der Waals surface area contributed by atoms with E-state index in [0.29, 0.717) is 43.5 Å². The third-order valence-electron chi connectivity index (χ3n) is 9.87. The molecule has 3 N–H and O–H groups in total. The summed E-state index contributed by atoms with van der Waals surface area (Å²) in [6.45, 7) is 4.24. The number of aromatic nitrogens is 1. The minimum absolute atomic E-state index is 0.00269. The third kappa shape index (κ3) is 6.33. The largest absolute Gasteiger partial charge is 0.416 e. The second kappa shape index (κ2) is 12.9. The van der Waals surface area contributed by atoms with Gasteiger partial charge in [0.1, 0.15) is 4.75 Å². The Morgan fingerprint density at radius 2 is 1.77 bits per heavy atom. The first-order valence-corrected chi connectivity index (χ1v) is 17.8. The second-order valence-corrected chi connectivity index (χ2v) is 15.4. The van der Waals surface area contributed by atoms with Crippen molar-refractivity contribution in [3.8, 4) is 0 Å². The van der Waals surface area contributed by atoms with Crippen LogP contribution in [0.25, 0.3) is 10.9 Å². The summed E-state index contributed by atoms with van der Waals surface area (Å²) in [5.41, 5.74) is 3.08. The van der Waals surface area contributed by atoms with Gasteiger partial charge in [-0.15, -0.1) is 0 Å². The summed E-state index contributed by atoms with van der Waals surface area (Å²) >= 11 is 0. The van der Waals surface area contributed by atoms with Crippen molar-refractivity contribution in [2.45, 2.75) is 81.6 Å². The molecule has 0 saturated heterocycles. The lowest BCUT2D eigenvalue weighted by Crippen LogP contribution is -2.49. The van der Waals surface area contributed by atoms with Gasteiger partial charge in [-0.3, -0.25) is 9.10 Å². The lowest BCUT2D eigenvalue weighted by atomic mass is 9.98. The molecule has 8 nitrogen and oxygen atoms in total. The molecule has 1 spiro atoms. The molecule has 3 aromatic carbocycles. The van der Waals surface area contributed by atoms with Crippen LogP contribution in [-0.4, -0.2) is 54.5 Å². The van der Waals surface area contributed by atoms with Crippen LogP contribution < -0.4 is 14.9 Å². The van der Waals surface area contributed by atoms with Crippen molar-refractivity contribution >= 4 is 32.5 Å².